The van der Waals surface area contributed by atoms with E-state index in [1.54, 1.807) is 48.5 Å². The lowest BCUT2D eigenvalue weighted by molar-refractivity contribution is -0.129. The predicted molar refractivity (Wildman–Crippen MR) is 125 cm³/mol. The van der Waals surface area contributed by atoms with Crippen LogP contribution in [0, 0.1) is 6.92 Å². The topological polar surface area (TPSA) is 90.3 Å². The molecule has 1 atom stereocenters. The minimum atomic E-state index is -1.04. The minimum Gasteiger partial charge on any atom is -0.448 e. The molecule has 0 bridgehead atoms. The second kappa shape index (κ2) is 9.48. The molecule has 3 aromatic carbocycles. The van der Waals surface area contributed by atoms with Crippen molar-refractivity contribution < 1.29 is 14.3 Å². The summed E-state index contributed by atoms with van der Waals surface area (Å²) in [6.45, 7) is 3.81. The number of ether oxygens (including phenoxy) is 1. The van der Waals surface area contributed by atoms with Crippen LogP contribution in [0.15, 0.2) is 83.7 Å². The zero-order valence-electron chi connectivity index (χ0n) is 18.3. The second-order valence-corrected chi connectivity index (χ2v) is 7.70. The molecule has 7 nitrogen and oxygen atoms in total. The average Bonchev–Trinajstić information content (AvgIpc) is 2.84. The highest BCUT2D eigenvalue weighted by Gasteiger charge is 2.23. The molecule has 1 unspecified atom stereocenters. The summed E-state index contributed by atoms with van der Waals surface area (Å²) in [5.41, 5.74) is 2.20. The minimum absolute atomic E-state index is 0.0350. The van der Waals surface area contributed by atoms with Gasteiger partial charge in [-0.2, -0.15) is 9.78 Å². The maximum atomic E-state index is 13.0. The second-order valence-electron chi connectivity index (χ2n) is 7.70. The number of benzene rings is 3. The molecule has 0 radical (unpaired) electrons. The first-order valence-corrected chi connectivity index (χ1v) is 10.6. The van der Waals surface area contributed by atoms with Gasteiger partial charge in [0.1, 0.15) is 0 Å². The molecule has 0 aliphatic rings. The molecule has 0 aliphatic heterocycles. The number of esters is 1. The Balaban J connectivity index is 1.57. The Morgan fingerprint density at radius 1 is 0.939 bits per heavy atom. The molecule has 1 aromatic heterocycles. The van der Waals surface area contributed by atoms with E-state index in [0.29, 0.717) is 23.0 Å². The highest BCUT2D eigenvalue weighted by Crippen LogP contribution is 2.17. The number of hydrogen-bond acceptors (Lipinski definition) is 5. The van der Waals surface area contributed by atoms with Crippen LogP contribution in [0.1, 0.15) is 28.5 Å². The summed E-state index contributed by atoms with van der Waals surface area (Å²) in [5, 5.41) is 7.75. The fourth-order valence-electron chi connectivity index (χ4n) is 3.39. The Hall–Kier alpha value is -4.26. The quantitative estimate of drug-likeness (QED) is 0.462. The first-order chi connectivity index (χ1) is 15.9. The summed E-state index contributed by atoms with van der Waals surface area (Å²) in [6.07, 6.45) is -1.04. The van der Waals surface area contributed by atoms with E-state index < -0.39 is 18.0 Å². The maximum Gasteiger partial charge on any atom is 0.360 e. The lowest BCUT2D eigenvalue weighted by atomic mass is 10.1. The average molecular weight is 441 g/mol. The van der Waals surface area contributed by atoms with E-state index >= 15 is 0 Å². The number of fused-ring (bicyclic) bond motifs is 1. The number of nitrogens with zero attached hydrogens (tertiary/aromatic N) is 2. The van der Waals surface area contributed by atoms with E-state index in [2.05, 4.69) is 10.4 Å². The van der Waals surface area contributed by atoms with Crippen LogP contribution in [-0.4, -0.2) is 27.8 Å². The third-order valence-corrected chi connectivity index (χ3v) is 5.24. The molecule has 0 fully saturated rings. The Kier molecular flexibility index (Phi) is 6.31. The van der Waals surface area contributed by atoms with Gasteiger partial charge in [0, 0.05) is 11.9 Å². The first-order valence-electron chi connectivity index (χ1n) is 10.6. The van der Waals surface area contributed by atoms with E-state index in [1.165, 1.54) is 11.6 Å². The largest absolute Gasteiger partial charge is 0.448 e. The molecular formula is C26H23N3O4. The van der Waals surface area contributed by atoms with Crippen molar-refractivity contribution in [3.63, 3.8) is 0 Å². The van der Waals surface area contributed by atoms with Gasteiger partial charge < -0.3 is 10.1 Å². The molecule has 1 N–H and O–H groups in total. The van der Waals surface area contributed by atoms with Gasteiger partial charge in [0.2, 0.25) is 0 Å². The van der Waals surface area contributed by atoms with Crippen LogP contribution in [0.4, 0.5) is 0 Å². The van der Waals surface area contributed by atoms with Crippen LogP contribution in [0.25, 0.3) is 16.5 Å². The molecule has 0 saturated carbocycles. The van der Waals surface area contributed by atoms with Crippen molar-refractivity contribution in [3.05, 3.63) is 106 Å². The van der Waals surface area contributed by atoms with Gasteiger partial charge in [-0.15, -0.1) is 0 Å². The van der Waals surface area contributed by atoms with E-state index in [9.17, 15) is 14.4 Å². The molecule has 0 saturated heterocycles. The monoisotopic (exact) mass is 441 g/mol. The number of nitrogens with one attached hydrogen (secondary N) is 1. The summed E-state index contributed by atoms with van der Waals surface area (Å²) in [7, 11) is 0. The first kappa shape index (κ1) is 22.0. The van der Waals surface area contributed by atoms with Gasteiger partial charge >= 0.3 is 5.97 Å². The number of aromatic nitrogens is 2. The highest BCUT2D eigenvalue weighted by atomic mass is 16.5. The van der Waals surface area contributed by atoms with Gasteiger partial charge in [0.15, 0.2) is 11.8 Å². The summed E-state index contributed by atoms with van der Waals surface area (Å²) in [6, 6.07) is 23.3. The third kappa shape index (κ3) is 4.82. The van der Waals surface area contributed by atoms with Gasteiger partial charge in [-0.3, -0.25) is 9.59 Å². The molecule has 1 heterocycles. The van der Waals surface area contributed by atoms with Crippen molar-refractivity contribution in [3.8, 4) is 5.69 Å². The highest BCUT2D eigenvalue weighted by molar-refractivity contribution is 6.03. The van der Waals surface area contributed by atoms with Gasteiger partial charge in [0.25, 0.3) is 11.5 Å². The zero-order chi connectivity index (χ0) is 23.4. The van der Waals surface area contributed by atoms with Crippen molar-refractivity contribution in [1.82, 2.24) is 15.1 Å². The molecule has 1 amide bonds. The molecule has 166 valence electrons. The summed E-state index contributed by atoms with van der Waals surface area (Å²) in [5.74, 6) is -1.21. The number of rotatable bonds is 6. The fourth-order valence-corrected chi connectivity index (χ4v) is 3.39. The van der Waals surface area contributed by atoms with Crippen LogP contribution in [-0.2, 0) is 16.1 Å². The fraction of sp³-hybridized carbons (Fsp3) is 0.154. The van der Waals surface area contributed by atoms with Crippen molar-refractivity contribution in [2.45, 2.75) is 26.5 Å². The summed E-state index contributed by atoms with van der Waals surface area (Å²) in [4.78, 5) is 38.5. The smallest absolute Gasteiger partial charge is 0.360 e. The molecule has 33 heavy (non-hydrogen) atoms. The predicted octanol–water partition coefficient (Wildman–Crippen LogP) is 3.56. The van der Waals surface area contributed by atoms with Crippen LogP contribution in [0.5, 0.6) is 0 Å². The number of carbonyl (C=O) groups is 2. The van der Waals surface area contributed by atoms with Gasteiger partial charge in [-0.25, -0.2) is 4.79 Å². The van der Waals surface area contributed by atoms with E-state index in [1.807, 2.05) is 37.3 Å². The van der Waals surface area contributed by atoms with Crippen LogP contribution in [0.2, 0.25) is 0 Å². The number of hydrogen-bond donors (Lipinski definition) is 1. The molecule has 4 rings (SSSR count). The van der Waals surface area contributed by atoms with Crippen molar-refractivity contribution >= 4 is 22.6 Å². The Labute approximate surface area is 190 Å². The van der Waals surface area contributed by atoms with E-state index in [-0.39, 0.29) is 11.3 Å². The van der Waals surface area contributed by atoms with Crippen LogP contribution < -0.4 is 10.9 Å². The SMILES string of the molecule is Cc1ccc(CNC(=O)C(C)OC(=O)c2nn(-c3ccccc3)c(=O)c3ccccc23)cc1. The van der Waals surface area contributed by atoms with Crippen molar-refractivity contribution in [2.75, 3.05) is 0 Å². The maximum absolute atomic E-state index is 13.0. The Morgan fingerprint density at radius 3 is 2.27 bits per heavy atom. The van der Waals surface area contributed by atoms with E-state index in [0.717, 1.165) is 11.1 Å². The van der Waals surface area contributed by atoms with Gasteiger partial charge in [0.05, 0.1) is 11.1 Å². The Morgan fingerprint density at radius 2 is 1.58 bits per heavy atom. The van der Waals surface area contributed by atoms with Gasteiger partial charge in [-0.05, 0) is 37.6 Å². The lowest BCUT2D eigenvalue weighted by Crippen LogP contribution is -2.36. The lowest BCUT2D eigenvalue weighted by Gasteiger charge is -2.15. The molecule has 7 heteroatoms. The third-order valence-electron chi connectivity index (χ3n) is 5.24. The molecular weight excluding hydrogens is 418 g/mol. The number of para-hydroxylation sites is 1. The van der Waals surface area contributed by atoms with Gasteiger partial charge in [-0.1, -0.05) is 66.2 Å². The molecule has 0 spiro atoms. The normalized spacial score (nSPS) is 11.7. The summed E-state index contributed by atoms with van der Waals surface area (Å²) >= 11 is 0. The summed E-state index contributed by atoms with van der Waals surface area (Å²) < 4.78 is 6.58. The van der Waals surface area contributed by atoms with Crippen molar-refractivity contribution in [1.29, 1.82) is 0 Å². The molecule has 4 aromatic rings. The van der Waals surface area contributed by atoms with E-state index in [4.69, 9.17) is 4.74 Å². The number of aryl methyl sites for hydroxylation is 1. The standard InChI is InChI=1S/C26H23N3O4/c1-17-12-14-19(15-13-17)16-27-24(30)18(2)33-26(32)23-21-10-6-7-11-22(21)25(31)29(28-23)20-8-4-3-5-9-20/h3-15,18H,16H2,1-2H3,(H,27,30). The zero-order valence-corrected chi connectivity index (χ0v) is 18.3. The Bertz CT molecular complexity index is 1360. The van der Waals surface area contributed by atoms with Crippen LogP contribution in [0.3, 0.4) is 0 Å². The molecule has 0 aliphatic carbocycles. The van der Waals surface area contributed by atoms with Crippen LogP contribution >= 0.6 is 0 Å². The van der Waals surface area contributed by atoms with Crippen molar-refractivity contribution in [2.24, 2.45) is 0 Å². The number of carbonyl (C=O) groups excluding carboxylic acids is 2. The number of amides is 1.